The van der Waals surface area contributed by atoms with E-state index in [0.29, 0.717) is 14.6 Å². The minimum absolute atomic E-state index is 0.405. The van der Waals surface area contributed by atoms with E-state index in [-0.39, 0.29) is 0 Å². The van der Waals surface area contributed by atoms with Crippen LogP contribution in [0.5, 0.6) is 0 Å². The standard InChI is InChI=1S/C12H12FIN2O2/c1-12(2,3)18-11(17)16-6-15-10-8(14)4-7(13)5-9(10)16/h4-6H,1-3H3. The van der Waals surface area contributed by atoms with E-state index in [9.17, 15) is 9.18 Å². The largest absolute Gasteiger partial charge is 0.443 e. The van der Waals surface area contributed by atoms with E-state index in [4.69, 9.17) is 4.74 Å². The number of fused-ring (bicyclic) bond motifs is 1. The van der Waals surface area contributed by atoms with E-state index in [1.165, 1.54) is 23.0 Å². The van der Waals surface area contributed by atoms with Gasteiger partial charge in [-0.15, -0.1) is 0 Å². The third-order valence-corrected chi connectivity index (χ3v) is 2.98. The van der Waals surface area contributed by atoms with Gasteiger partial charge in [0.05, 0.1) is 5.52 Å². The average Bonchev–Trinajstić information content (AvgIpc) is 2.58. The van der Waals surface area contributed by atoms with Crippen molar-refractivity contribution in [3.8, 4) is 0 Å². The van der Waals surface area contributed by atoms with Crippen molar-refractivity contribution in [3.63, 3.8) is 0 Å². The molecule has 0 N–H and O–H groups in total. The van der Waals surface area contributed by atoms with Crippen LogP contribution >= 0.6 is 22.6 Å². The number of ether oxygens (including phenoxy) is 1. The Bertz CT molecular complexity index is 616. The van der Waals surface area contributed by atoms with Crippen LogP contribution in [0.4, 0.5) is 9.18 Å². The second kappa shape index (κ2) is 4.49. The van der Waals surface area contributed by atoms with Gasteiger partial charge in [-0.05, 0) is 49.4 Å². The van der Waals surface area contributed by atoms with Crippen LogP contribution in [0.25, 0.3) is 11.0 Å². The third kappa shape index (κ3) is 2.63. The van der Waals surface area contributed by atoms with Crippen LogP contribution in [0.3, 0.4) is 0 Å². The van der Waals surface area contributed by atoms with E-state index in [1.807, 2.05) is 22.6 Å². The second-order valence-electron chi connectivity index (χ2n) is 4.85. The lowest BCUT2D eigenvalue weighted by molar-refractivity contribution is 0.0543. The van der Waals surface area contributed by atoms with Crippen molar-refractivity contribution in [3.05, 3.63) is 27.8 Å². The van der Waals surface area contributed by atoms with Crippen LogP contribution in [0, 0.1) is 9.39 Å². The maximum absolute atomic E-state index is 13.4. The molecular weight excluding hydrogens is 350 g/mol. The first-order valence-corrected chi connectivity index (χ1v) is 6.41. The van der Waals surface area contributed by atoms with Crippen molar-refractivity contribution < 1.29 is 13.9 Å². The van der Waals surface area contributed by atoms with Crippen LogP contribution in [0.15, 0.2) is 18.5 Å². The summed E-state index contributed by atoms with van der Waals surface area (Å²) in [6, 6.07) is 2.64. The minimum atomic E-state index is -0.603. The number of nitrogens with zero attached hydrogens (tertiary/aromatic N) is 2. The van der Waals surface area contributed by atoms with Crippen molar-refractivity contribution in [1.82, 2.24) is 9.55 Å². The Kier molecular flexibility index (Phi) is 3.31. The highest BCUT2D eigenvalue weighted by Gasteiger charge is 2.20. The summed E-state index contributed by atoms with van der Waals surface area (Å²) in [5, 5.41) is 0. The molecule has 0 radical (unpaired) electrons. The van der Waals surface area contributed by atoms with Crippen molar-refractivity contribution in [1.29, 1.82) is 0 Å². The summed E-state index contributed by atoms with van der Waals surface area (Å²) in [5.74, 6) is -0.405. The molecule has 2 rings (SSSR count). The van der Waals surface area contributed by atoms with E-state index >= 15 is 0 Å². The zero-order valence-corrected chi connectivity index (χ0v) is 12.4. The van der Waals surface area contributed by atoms with Crippen molar-refractivity contribution >= 4 is 39.7 Å². The Morgan fingerprint density at radius 1 is 1.44 bits per heavy atom. The fraction of sp³-hybridized carbons (Fsp3) is 0.333. The number of halogens is 2. The minimum Gasteiger partial charge on any atom is -0.443 e. The Morgan fingerprint density at radius 3 is 2.72 bits per heavy atom. The van der Waals surface area contributed by atoms with Crippen molar-refractivity contribution in [2.24, 2.45) is 0 Å². The lowest BCUT2D eigenvalue weighted by Gasteiger charge is -2.19. The smallest absolute Gasteiger partial charge is 0.420 e. The van der Waals surface area contributed by atoms with E-state index in [2.05, 4.69) is 4.98 Å². The predicted octanol–water partition coefficient (Wildman–Crippen LogP) is 3.56. The van der Waals surface area contributed by atoms with Gasteiger partial charge < -0.3 is 4.74 Å². The lowest BCUT2D eigenvalue weighted by atomic mass is 10.2. The zero-order valence-electron chi connectivity index (χ0n) is 10.2. The van der Waals surface area contributed by atoms with Gasteiger partial charge in [0.2, 0.25) is 0 Å². The van der Waals surface area contributed by atoms with Gasteiger partial charge in [-0.3, -0.25) is 0 Å². The Morgan fingerprint density at radius 2 is 2.11 bits per heavy atom. The molecule has 0 unspecified atom stereocenters. The molecule has 0 aliphatic rings. The Balaban J connectivity index is 2.49. The predicted molar refractivity (Wildman–Crippen MR) is 74.0 cm³/mol. The highest BCUT2D eigenvalue weighted by Crippen LogP contribution is 2.22. The van der Waals surface area contributed by atoms with E-state index in [1.54, 1.807) is 20.8 Å². The number of hydrogen-bond acceptors (Lipinski definition) is 3. The van der Waals surface area contributed by atoms with Crippen LogP contribution in [0.1, 0.15) is 20.8 Å². The molecule has 0 aliphatic heterocycles. The zero-order chi connectivity index (χ0) is 13.5. The molecule has 1 aromatic heterocycles. The molecule has 0 fully saturated rings. The Hall–Kier alpha value is -1.18. The van der Waals surface area contributed by atoms with Crippen LogP contribution < -0.4 is 0 Å². The molecule has 0 spiro atoms. The number of carbonyl (C=O) groups excluding carboxylic acids is 1. The average molecular weight is 362 g/mol. The lowest BCUT2D eigenvalue weighted by Crippen LogP contribution is -2.26. The quantitative estimate of drug-likeness (QED) is 0.674. The highest BCUT2D eigenvalue weighted by molar-refractivity contribution is 14.1. The van der Waals surface area contributed by atoms with Crippen LogP contribution in [-0.2, 0) is 4.74 Å². The monoisotopic (exact) mass is 362 g/mol. The molecule has 2 aromatic rings. The van der Waals surface area contributed by atoms with E-state index < -0.39 is 17.5 Å². The molecule has 0 saturated carbocycles. The number of rotatable bonds is 0. The van der Waals surface area contributed by atoms with Gasteiger partial charge in [0, 0.05) is 9.64 Å². The third-order valence-electron chi connectivity index (χ3n) is 2.16. The van der Waals surface area contributed by atoms with Gasteiger partial charge >= 0.3 is 6.09 Å². The summed E-state index contributed by atoms with van der Waals surface area (Å²) in [4.78, 5) is 16.0. The first-order chi connectivity index (χ1) is 8.28. The van der Waals surface area contributed by atoms with E-state index in [0.717, 1.165) is 0 Å². The van der Waals surface area contributed by atoms with Gasteiger partial charge in [-0.25, -0.2) is 18.7 Å². The fourth-order valence-electron chi connectivity index (χ4n) is 1.50. The summed E-state index contributed by atoms with van der Waals surface area (Å²) in [6.45, 7) is 5.32. The molecule has 1 aromatic carbocycles. The van der Waals surface area contributed by atoms with Crippen LogP contribution in [-0.4, -0.2) is 21.2 Å². The first kappa shape index (κ1) is 13.3. The number of aromatic nitrogens is 2. The SMILES string of the molecule is CC(C)(C)OC(=O)n1cnc2c(I)cc(F)cc21. The molecular formula is C12H12FIN2O2. The topological polar surface area (TPSA) is 44.1 Å². The molecule has 1 heterocycles. The summed E-state index contributed by atoms with van der Waals surface area (Å²) >= 11 is 1.98. The van der Waals surface area contributed by atoms with Gasteiger partial charge in [-0.1, -0.05) is 0 Å². The van der Waals surface area contributed by atoms with Gasteiger partial charge in [0.25, 0.3) is 0 Å². The van der Waals surface area contributed by atoms with Gasteiger partial charge in [0.15, 0.2) is 0 Å². The molecule has 96 valence electrons. The molecule has 0 saturated heterocycles. The molecule has 0 bridgehead atoms. The van der Waals surface area contributed by atoms with Crippen molar-refractivity contribution in [2.45, 2.75) is 26.4 Å². The molecule has 0 amide bonds. The number of benzene rings is 1. The summed E-state index contributed by atoms with van der Waals surface area (Å²) in [5.41, 5.74) is 0.394. The maximum Gasteiger partial charge on any atom is 0.420 e. The summed E-state index contributed by atoms with van der Waals surface area (Å²) in [6.07, 6.45) is 0.784. The Labute approximate surface area is 117 Å². The maximum atomic E-state index is 13.4. The first-order valence-electron chi connectivity index (χ1n) is 5.33. The summed E-state index contributed by atoms with van der Waals surface area (Å²) in [7, 11) is 0. The normalized spacial score (nSPS) is 11.8. The van der Waals surface area contributed by atoms with Crippen molar-refractivity contribution in [2.75, 3.05) is 0 Å². The molecule has 4 nitrogen and oxygen atoms in total. The summed E-state index contributed by atoms with van der Waals surface area (Å²) < 4.78 is 20.5. The van der Waals surface area contributed by atoms with Crippen LogP contribution in [0.2, 0.25) is 0 Å². The second-order valence-corrected chi connectivity index (χ2v) is 6.01. The molecule has 0 atom stereocenters. The van der Waals surface area contributed by atoms with Gasteiger partial charge in [0.1, 0.15) is 23.3 Å². The molecule has 0 aliphatic carbocycles. The molecule has 18 heavy (non-hydrogen) atoms. The molecule has 6 heteroatoms. The van der Waals surface area contributed by atoms with Gasteiger partial charge in [-0.2, -0.15) is 0 Å². The number of carbonyl (C=O) groups is 1. The highest BCUT2D eigenvalue weighted by atomic mass is 127. The fourth-order valence-corrected chi connectivity index (χ4v) is 2.21. The number of imidazole rings is 1. The number of hydrogen-bond donors (Lipinski definition) is 0.